The Balaban J connectivity index is 2.31. The smallest absolute Gasteiger partial charge is 0.322 e. The van der Waals surface area contributed by atoms with E-state index in [4.69, 9.17) is 20.5 Å². The number of anilines is 1. The quantitative estimate of drug-likeness (QED) is 0.616. The molecule has 0 radical (unpaired) electrons. The molecule has 0 spiro atoms. The summed E-state index contributed by atoms with van der Waals surface area (Å²) in [5.74, 6) is 0.849. The fourth-order valence-corrected chi connectivity index (χ4v) is 3.41. The second-order valence-corrected chi connectivity index (χ2v) is 8.96. The first-order chi connectivity index (χ1) is 13.6. The topological polar surface area (TPSA) is 84.9 Å². The van der Waals surface area contributed by atoms with Crippen LogP contribution in [-0.4, -0.2) is 39.3 Å². The first kappa shape index (κ1) is 22.8. The number of hydrogen-bond donors (Lipinski definition) is 1. The summed E-state index contributed by atoms with van der Waals surface area (Å²) in [6.07, 6.45) is 0.964. The molecule has 7 nitrogen and oxygen atoms in total. The number of nitrogens with one attached hydrogen (secondary N) is 1. The third kappa shape index (κ3) is 7.14. The molecule has 9 heteroatoms. The predicted molar refractivity (Wildman–Crippen MR) is 114 cm³/mol. The molecule has 1 N–H and O–H groups in total. The number of ether oxygens (including phenoxy) is 1. The number of methoxy groups -OCH3 is 1. The van der Waals surface area contributed by atoms with Crippen LogP contribution < -0.4 is 14.2 Å². The Kier molecular flexibility index (Phi) is 7.75. The van der Waals surface area contributed by atoms with Gasteiger partial charge in [0.1, 0.15) is 11.5 Å². The Morgan fingerprint density at radius 1 is 1.17 bits per heavy atom. The van der Waals surface area contributed by atoms with Gasteiger partial charge in [-0.25, -0.2) is 4.79 Å². The molecule has 0 unspecified atom stereocenters. The van der Waals surface area contributed by atoms with Gasteiger partial charge in [0.15, 0.2) is 0 Å². The molecule has 2 aromatic rings. The zero-order chi connectivity index (χ0) is 21.6. The SMILES string of the molecule is COc1ccccc1NC(=O)N(Cc1cc(Cl)ccc1OS(C)(=O)=O)CC(C)C. The number of hydrogen-bond acceptors (Lipinski definition) is 5. The van der Waals surface area contributed by atoms with Gasteiger partial charge in [-0.15, -0.1) is 0 Å². The fraction of sp³-hybridized carbons (Fsp3) is 0.350. The summed E-state index contributed by atoms with van der Waals surface area (Å²) in [5, 5.41) is 3.25. The van der Waals surface area contributed by atoms with Crippen LogP contribution in [0.5, 0.6) is 11.5 Å². The molecule has 0 aliphatic heterocycles. The summed E-state index contributed by atoms with van der Waals surface area (Å²) >= 11 is 6.09. The molecule has 0 heterocycles. The Hall–Kier alpha value is -2.45. The van der Waals surface area contributed by atoms with Crippen LogP contribution in [0.4, 0.5) is 10.5 Å². The summed E-state index contributed by atoms with van der Waals surface area (Å²) in [6.45, 7) is 4.51. The number of halogens is 1. The van der Waals surface area contributed by atoms with Gasteiger partial charge in [0, 0.05) is 17.1 Å². The van der Waals surface area contributed by atoms with E-state index in [0.717, 1.165) is 6.26 Å². The highest BCUT2D eigenvalue weighted by Gasteiger charge is 2.20. The summed E-state index contributed by atoms with van der Waals surface area (Å²) < 4.78 is 33.5. The van der Waals surface area contributed by atoms with Crippen molar-refractivity contribution in [1.82, 2.24) is 4.90 Å². The first-order valence-corrected chi connectivity index (χ1v) is 11.2. The van der Waals surface area contributed by atoms with Crippen LogP contribution >= 0.6 is 11.6 Å². The van der Waals surface area contributed by atoms with Crippen molar-refractivity contribution in [2.45, 2.75) is 20.4 Å². The number of carbonyl (C=O) groups excluding carboxylic acids is 1. The molecule has 2 aromatic carbocycles. The van der Waals surface area contributed by atoms with Gasteiger partial charge in [0.2, 0.25) is 0 Å². The van der Waals surface area contributed by atoms with Crippen LogP contribution in [0.3, 0.4) is 0 Å². The summed E-state index contributed by atoms with van der Waals surface area (Å²) in [7, 11) is -2.20. The number of benzene rings is 2. The molecule has 0 aliphatic carbocycles. The minimum absolute atomic E-state index is 0.116. The average molecular weight is 441 g/mol. The molecule has 2 amide bonds. The number of amides is 2. The highest BCUT2D eigenvalue weighted by molar-refractivity contribution is 7.86. The zero-order valence-electron chi connectivity index (χ0n) is 16.8. The van der Waals surface area contributed by atoms with Crippen molar-refractivity contribution in [3.63, 3.8) is 0 Å². The third-order valence-corrected chi connectivity index (χ3v) is 4.56. The number of rotatable bonds is 8. The lowest BCUT2D eigenvalue weighted by Gasteiger charge is -2.26. The van der Waals surface area contributed by atoms with E-state index in [1.54, 1.807) is 35.2 Å². The van der Waals surface area contributed by atoms with Crippen molar-refractivity contribution >= 4 is 33.4 Å². The lowest BCUT2D eigenvalue weighted by Crippen LogP contribution is -2.37. The van der Waals surface area contributed by atoms with Crippen molar-refractivity contribution in [2.24, 2.45) is 5.92 Å². The average Bonchev–Trinajstić information content (AvgIpc) is 2.62. The largest absolute Gasteiger partial charge is 0.495 e. The van der Waals surface area contributed by atoms with E-state index in [0.29, 0.717) is 28.6 Å². The van der Waals surface area contributed by atoms with Gasteiger partial charge in [-0.05, 0) is 36.2 Å². The molecule has 29 heavy (non-hydrogen) atoms. The van der Waals surface area contributed by atoms with Gasteiger partial charge in [0.05, 0.1) is 25.6 Å². The van der Waals surface area contributed by atoms with Gasteiger partial charge in [-0.3, -0.25) is 0 Å². The predicted octanol–water partition coefficient (Wildman–Crippen LogP) is 4.38. The molecule has 158 valence electrons. The normalized spacial score (nSPS) is 11.2. The van der Waals surface area contributed by atoms with E-state index < -0.39 is 10.1 Å². The molecular weight excluding hydrogens is 416 g/mol. The molecule has 2 rings (SSSR count). The van der Waals surface area contributed by atoms with E-state index in [2.05, 4.69) is 5.32 Å². The monoisotopic (exact) mass is 440 g/mol. The summed E-state index contributed by atoms with van der Waals surface area (Å²) in [6, 6.07) is 11.3. The molecule has 0 fully saturated rings. The first-order valence-electron chi connectivity index (χ1n) is 8.96. The van der Waals surface area contributed by atoms with Crippen LogP contribution in [0.15, 0.2) is 42.5 Å². The Labute approximate surface area is 176 Å². The number of carbonyl (C=O) groups is 1. The van der Waals surface area contributed by atoms with Gasteiger partial charge >= 0.3 is 16.1 Å². The Morgan fingerprint density at radius 3 is 2.48 bits per heavy atom. The third-order valence-electron chi connectivity index (χ3n) is 3.85. The minimum atomic E-state index is -3.73. The van der Waals surface area contributed by atoms with Gasteiger partial charge in [0.25, 0.3) is 0 Å². The van der Waals surface area contributed by atoms with Crippen molar-refractivity contribution in [3.8, 4) is 11.5 Å². The Morgan fingerprint density at radius 2 is 1.86 bits per heavy atom. The Bertz CT molecular complexity index is 963. The lowest BCUT2D eigenvalue weighted by atomic mass is 10.1. The summed E-state index contributed by atoms with van der Waals surface area (Å²) in [5.41, 5.74) is 1.02. The van der Waals surface area contributed by atoms with Gasteiger partial charge < -0.3 is 19.1 Å². The van der Waals surface area contributed by atoms with Crippen molar-refractivity contribution < 1.29 is 22.1 Å². The molecular formula is C20H25ClN2O5S. The standard InChI is InChI=1S/C20H25ClN2O5S/c1-14(2)12-23(20(24)22-17-7-5-6-8-19(17)27-3)13-15-11-16(21)9-10-18(15)28-29(4,25)26/h5-11,14H,12-13H2,1-4H3,(H,22,24). The van der Waals surface area contributed by atoms with Crippen LogP contribution in [0.25, 0.3) is 0 Å². The molecule has 0 saturated heterocycles. The molecule has 0 aliphatic rings. The number of para-hydroxylation sites is 2. The van der Waals surface area contributed by atoms with Gasteiger partial charge in [-0.2, -0.15) is 8.42 Å². The van der Waals surface area contributed by atoms with Crippen molar-refractivity contribution in [1.29, 1.82) is 0 Å². The zero-order valence-corrected chi connectivity index (χ0v) is 18.4. The van der Waals surface area contributed by atoms with Crippen molar-refractivity contribution in [2.75, 3.05) is 25.2 Å². The molecule has 0 bridgehead atoms. The number of urea groups is 1. The van der Waals surface area contributed by atoms with E-state index in [1.165, 1.54) is 19.2 Å². The van der Waals surface area contributed by atoms with Gasteiger partial charge in [-0.1, -0.05) is 37.6 Å². The maximum absolute atomic E-state index is 13.0. The lowest BCUT2D eigenvalue weighted by molar-refractivity contribution is 0.201. The van der Waals surface area contributed by atoms with Crippen LogP contribution in [0, 0.1) is 5.92 Å². The van der Waals surface area contributed by atoms with E-state index >= 15 is 0 Å². The van der Waals surface area contributed by atoms with E-state index in [9.17, 15) is 13.2 Å². The van der Waals surface area contributed by atoms with Crippen molar-refractivity contribution in [3.05, 3.63) is 53.1 Å². The molecule has 0 saturated carbocycles. The van der Waals surface area contributed by atoms with Crippen LogP contribution in [-0.2, 0) is 16.7 Å². The number of nitrogens with zero attached hydrogens (tertiary/aromatic N) is 1. The second kappa shape index (κ2) is 9.84. The second-order valence-electron chi connectivity index (χ2n) is 6.94. The molecule has 0 atom stereocenters. The fourth-order valence-electron chi connectivity index (χ4n) is 2.72. The van der Waals surface area contributed by atoms with E-state index in [1.807, 2.05) is 13.8 Å². The maximum Gasteiger partial charge on any atom is 0.322 e. The maximum atomic E-state index is 13.0. The van der Waals surface area contributed by atoms with E-state index in [-0.39, 0.29) is 24.2 Å². The minimum Gasteiger partial charge on any atom is -0.495 e. The highest BCUT2D eigenvalue weighted by Crippen LogP contribution is 2.27. The van der Waals surface area contributed by atoms with Crippen LogP contribution in [0.2, 0.25) is 5.02 Å². The van der Waals surface area contributed by atoms with Crippen LogP contribution in [0.1, 0.15) is 19.4 Å². The highest BCUT2D eigenvalue weighted by atomic mass is 35.5. The summed E-state index contributed by atoms with van der Waals surface area (Å²) in [4.78, 5) is 14.5. The molecule has 0 aromatic heterocycles.